The summed E-state index contributed by atoms with van der Waals surface area (Å²) < 4.78 is 5.36. The lowest BCUT2D eigenvalue weighted by molar-refractivity contribution is -0.191. The topological polar surface area (TPSA) is 72.4 Å². The van der Waals surface area contributed by atoms with E-state index >= 15 is 0 Å². The molecule has 0 unspecified atom stereocenters. The highest BCUT2D eigenvalue weighted by atomic mass is 35.5. The summed E-state index contributed by atoms with van der Waals surface area (Å²) in [6.07, 6.45) is 0.250. The van der Waals surface area contributed by atoms with Crippen LogP contribution in [-0.2, 0) is 14.3 Å². The van der Waals surface area contributed by atoms with Gasteiger partial charge in [-0.3, -0.25) is 0 Å². The number of morpholine rings is 1. The number of aryl methyl sites for hydroxylation is 1. The van der Waals surface area contributed by atoms with Crippen molar-refractivity contribution >= 4 is 34.5 Å². The van der Waals surface area contributed by atoms with Crippen LogP contribution in [-0.4, -0.2) is 42.4 Å². The molecule has 110 valence electrons. The van der Waals surface area contributed by atoms with Gasteiger partial charge >= 0.3 is 6.15 Å². The summed E-state index contributed by atoms with van der Waals surface area (Å²) in [7, 11) is 0. The molecule has 1 aliphatic heterocycles. The number of nitrogens with zero attached hydrogens (tertiary/aromatic N) is 3. The lowest BCUT2D eigenvalue weighted by Gasteiger charge is -2.28. The van der Waals surface area contributed by atoms with Crippen LogP contribution in [0, 0.1) is 6.92 Å². The first-order chi connectivity index (χ1) is 10.2. The van der Waals surface area contributed by atoms with Crippen molar-refractivity contribution in [2.45, 2.75) is 6.92 Å². The largest absolute Gasteiger partial charge is 0.378 e. The molecule has 7 heteroatoms. The maximum atomic E-state index is 8.12. The average Bonchev–Trinajstić information content (AvgIpc) is 2.47. The first-order valence-electron chi connectivity index (χ1n) is 6.41. The van der Waals surface area contributed by atoms with Crippen molar-refractivity contribution < 1.29 is 14.3 Å². The number of fused-ring (bicyclic) bond motifs is 1. The van der Waals surface area contributed by atoms with Crippen LogP contribution in [0.5, 0.6) is 0 Å². The van der Waals surface area contributed by atoms with Gasteiger partial charge in [0, 0.05) is 18.5 Å². The van der Waals surface area contributed by atoms with Crippen LogP contribution in [0.3, 0.4) is 0 Å². The fourth-order valence-corrected chi connectivity index (χ4v) is 2.38. The van der Waals surface area contributed by atoms with Crippen molar-refractivity contribution in [3.63, 3.8) is 0 Å². The van der Waals surface area contributed by atoms with Crippen molar-refractivity contribution in [1.82, 2.24) is 9.97 Å². The highest BCUT2D eigenvalue weighted by molar-refractivity contribution is 6.28. The summed E-state index contributed by atoms with van der Waals surface area (Å²) in [6, 6.07) is 6.17. The molecule has 1 aromatic heterocycles. The zero-order valence-electron chi connectivity index (χ0n) is 11.5. The van der Waals surface area contributed by atoms with Crippen LogP contribution in [0.4, 0.5) is 5.82 Å². The Morgan fingerprint density at radius 3 is 2.57 bits per heavy atom. The van der Waals surface area contributed by atoms with Gasteiger partial charge < -0.3 is 9.64 Å². The van der Waals surface area contributed by atoms with E-state index in [1.165, 1.54) is 5.56 Å². The zero-order chi connectivity index (χ0) is 15.2. The van der Waals surface area contributed by atoms with E-state index < -0.39 is 0 Å². The summed E-state index contributed by atoms with van der Waals surface area (Å²) in [6.45, 7) is 5.19. The van der Waals surface area contributed by atoms with Crippen molar-refractivity contribution in [2.75, 3.05) is 31.2 Å². The predicted octanol–water partition coefficient (Wildman–Crippen LogP) is 1.84. The highest BCUT2D eigenvalue weighted by Crippen LogP contribution is 2.26. The second kappa shape index (κ2) is 7.13. The Balaban J connectivity index is 0.000000497. The van der Waals surface area contributed by atoms with Crippen molar-refractivity contribution in [2.24, 2.45) is 0 Å². The van der Waals surface area contributed by atoms with Gasteiger partial charge in [0.25, 0.3) is 0 Å². The molecule has 1 fully saturated rings. The molecular weight excluding hydrogens is 294 g/mol. The first-order valence-corrected chi connectivity index (χ1v) is 6.79. The minimum absolute atomic E-state index is 0.250. The van der Waals surface area contributed by atoms with E-state index in [-0.39, 0.29) is 6.15 Å². The van der Waals surface area contributed by atoms with E-state index in [0.717, 1.165) is 43.0 Å². The van der Waals surface area contributed by atoms with Crippen LogP contribution < -0.4 is 4.90 Å². The first kappa shape index (κ1) is 15.4. The minimum Gasteiger partial charge on any atom is -0.378 e. The smallest absolute Gasteiger partial charge is 0.373 e. The number of carbonyl (C=O) groups excluding carboxylic acids is 2. The summed E-state index contributed by atoms with van der Waals surface area (Å²) in [5.74, 6) is 0.910. The molecular formula is C14H14ClN3O3. The van der Waals surface area contributed by atoms with Gasteiger partial charge in [-0.25, -0.2) is 4.98 Å². The van der Waals surface area contributed by atoms with Crippen LogP contribution in [0.15, 0.2) is 18.2 Å². The zero-order valence-corrected chi connectivity index (χ0v) is 12.3. The summed E-state index contributed by atoms with van der Waals surface area (Å²) in [4.78, 5) is 27.1. The van der Waals surface area contributed by atoms with E-state index in [1.54, 1.807) is 0 Å². The van der Waals surface area contributed by atoms with E-state index in [1.807, 2.05) is 13.0 Å². The maximum Gasteiger partial charge on any atom is 0.373 e. The van der Waals surface area contributed by atoms with Gasteiger partial charge in [0.15, 0.2) is 0 Å². The maximum absolute atomic E-state index is 8.12. The monoisotopic (exact) mass is 307 g/mol. The molecule has 1 aromatic carbocycles. The molecule has 0 radical (unpaired) electrons. The summed E-state index contributed by atoms with van der Waals surface area (Å²) in [5.41, 5.74) is 2.07. The number of hydrogen-bond acceptors (Lipinski definition) is 6. The fraction of sp³-hybridized carbons (Fsp3) is 0.357. The lowest BCUT2D eigenvalue weighted by atomic mass is 10.1. The van der Waals surface area contributed by atoms with Gasteiger partial charge in [-0.15, -0.1) is 0 Å². The van der Waals surface area contributed by atoms with E-state index in [2.05, 4.69) is 27.0 Å². The molecule has 0 saturated carbocycles. The van der Waals surface area contributed by atoms with Crippen molar-refractivity contribution in [1.29, 1.82) is 0 Å². The van der Waals surface area contributed by atoms with Crippen molar-refractivity contribution in [3.8, 4) is 0 Å². The number of hydrogen-bond donors (Lipinski definition) is 0. The second-order valence-corrected chi connectivity index (χ2v) is 4.86. The van der Waals surface area contributed by atoms with Gasteiger partial charge in [-0.05, 0) is 36.2 Å². The third kappa shape index (κ3) is 3.76. The van der Waals surface area contributed by atoms with Gasteiger partial charge in [0.05, 0.1) is 18.7 Å². The van der Waals surface area contributed by atoms with Gasteiger partial charge in [0.2, 0.25) is 5.28 Å². The molecule has 21 heavy (non-hydrogen) atoms. The molecule has 0 amide bonds. The SMILES string of the molecule is Cc1ccc2c(N3CCOCC3)nc(Cl)nc2c1.O=C=O. The van der Waals surface area contributed by atoms with E-state index in [9.17, 15) is 0 Å². The van der Waals surface area contributed by atoms with Crippen molar-refractivity contribution in [3.05, 3.63) is 29.0 Å². The third-order valence-corrected chi connectivity index (χ3v) is 3.28. The number of halogens is 1. The fourth-order valence-electron chi connectivity index (χ4n) is 2.21. The molecule has 6 nitrogen and oxygen atoms in total. The molecule has 0 spiro atoms. The van der Waals surface area contributed by atoms with Crippen LogP contribution in [0.25, 0.3) is 10.9 Å². The van der Waals surface area contributed by atoms with Gasteiger partial charge in [-0.2, -0.15) is 14.6 Å². The molecule has 0 N–H and O–H groups in total. The lowest BCUT2D eigenvalue weighted by Crippen LogP contribution is -2.37. The highest BCUT2D eigenvalue weighted by Gasteiger charge is 2.16. The number of rotatable bonds is 1. The Bertz CT molecular complexity index is 661. The van der Waals surface area contributed by atoms with Crippen LogP contribution in [0.1, 0.15) is 5.56 Å². The molecule has 0 bridgehead atoms. The molecule has 2 heterocycles. The normalized spacial score (nSPS) is 14.3. The average molecular weight is 308 g/mol. The number of aromatic nitrogens is 2. The Hall–Kier alpha value is -2.01. The second-order valence-electron chi connectivity index (χ2n) is 4.52. The Morgan fingerprint density at radius 1 is 1.24 bits per heavy atom. The Kier molecular flexibility index (Phi) is 5.22. The molecule has 3 rings (SSSR count). The molecule has 0 aliphatic carbocycles. The quantitative estimate of drug-likeness (QED) is 0.749. The number of ether oxygens (including phenoxy) is 1. The number of benzene rings is 1. The third-order valence-electron chi connectivity index (χ3n) is 3.12. The summed E-state index contributed by atoms with van der Waals surface area (Å²) in [5, 5.41) is 1.35. The van der Waals surface area contributed by atoms with Crippen LogP contribution >= 0.6 is 11.6 Å². The summed E-state index contributed by atoms with van der Waals surface area (Å²) >= 11 is 6.02. The molecule has 1 saturated heterocycles. The van der Waals surface area contributed by atoms with Gasteiger partial charge in [0.1, 0.15) is 5.82 Å². The Labute approximate surface area is 126 Å². The van der Waals surface area contributed by atoms with E-state index in [4.69, 9.17) is 25.9 Å². The minimum atomic E-state index is 0.250. The molecule has 0 atom stereocenters. The molecule has 1 aliphatic rings. The molecule has 2 aromatic rings. The van der Waals surface area contributed by atoms with Gasteiger partial charge in [-0.1, -0.05) is 6.07 Å². The number of anilines is 1. The van der Waals surface area contributed by atoms with Crippen LogP contribution in [0.2, 0.25) is 5.28 Å². The predicted molar refractivity (Wildman–Crippen MR) is 77.3 cm³/mol. The standard InChI is InChI=1S/C13H14ClN3O.CO2/c1-9-2-3-10-11(8-9)15-13(14)16-12(10)17-4-6-18-7-5-17;2-1-3/h2-3,8H,4-7H2,1H3;. The van der Waals surface area contributed by atoms with E-state index in [0.29, 0.717) is 5.28 Å². The Morgan fingerprint density at radius 2 is 1.90 bits per heavy atom.